The normalized spacial score (nSPS) is 17.0. The van der Waals surface area contributed by atoms with Crippen molar-refractivity contribution in [3.05, 3.63) is 72.0 Å². The van der Waals surface area contributed by atoms with E-state index in [2.05, 4.69) is 15.0 Å². The summed E-state index contributed by atoms with van der Waals surface area (Å²) in [6.07, 6.45) is 0.0806. The van der Waals surface area contributed by atoms with Gasteiger partial charge in [-0.25, -0.2) is 14.2 Å². The predicted octanol–water partition coefficient (Wildman–Crippen LogP) is 6.88. The van der Waals surface area contributed by atoms with Gasteiger partial charge < -0.3 is 19.5 Å². The number of amides is 1. The van der Waals surface area contributed by atoms with E-state index in [0.717, 1.165) is 29.1 Å². The van der Waals surface area contributed by atoms with Gasteiger partial charge in [-0.05, 0) is 70.0 Å². The average molecular weight is 553 g/mol. The van der Waals surface area contributed by atoms with Crippen molar-refractivity contribution in [3.8, 4) is 11.5 Å². The first-order valence-corrected chi connectivity index (χ1v) is 12.7. The van der Waals surface area contributed by atoms with Crippen LogP contribution < -0.4 is 14.8 Å². The predicted molar refractivity (Wildman–Crippen MR) is 143 cm³/mol. The highest BCUT2D eigenvalue weighted by molar-refractivity contribution is 6.09. The second-order valence-electron chi connectivity index (χ2n) is 10.6. The first kappa shape index (κ1) is 27.2. The summed E-state index contributed by atoms with van der Waals surface area (Å²) in [5, 5.41) is 4.30. The number of aromatic nitrogens is 1. The summed E-state index contributed by atoms with van der Waals surface area (Å²) in [4.78, 5) is 30.8. The maximum absolute atomic E-state index is 13.7. The number of ether oxygens (including phenoxy) is 3. The Balaban J connectivity index is 1.34. The summed E-state index contributed by atoms with van der Waals surface area (Å²) >= 11 is 0. The second kappa shape index (κ2) is 10.7. The van der Waals surface area contributed by atoms with E-state index >= 15 is 0 Å². The summed E-state index contributed by atoms with van der Waals surface area (Å²) < 4.78 is 54.7. The minimum atomic E-state index is -3.09. The molecule has 3 aromatic carbocycles. The molecule has 1 amide bonds. The Kier molecular flexibility index (Phi) is 7.27. The molecule has 0 aliphatic heterocycles. The molecule has 0 saturated heterocycles. The maximum atomic E-state index is 13.7. The summed E-state index contributed by atoms with van der Waals surface area (Å²) in [7, 11) is 0. The number of esters is 1. The highest BCUT2D eigenvalue weighted by Crippen LogP contribution is 2.37. The Morgan fingerprint density at radius 2 is 1.73 bits per heavy atom. The fourth-order valence-electron chi connectivity index (χ4n) is 4.52. The number of nitrogens with one attached hydrogen (secondary N) is 1. The Hall–Kier alpha value is -4.34. The lowest BCUT2D eigenvalue weighted by Gasteiger charge is -2.34. The number of carbonyl (C=O) groups is 2. The van der Waals surface area contributed by atoms with Crippen LogP contribution in [-0.2, 0) is 9.53 Å². The van der Waals surface area contributed by atoms with Gasteiger partial charge in [-0.2, -0.15) is 8.78 Å². The number of benzene rings is 3. The zero-order valence-electron chi connectivity index (χ0n) is 22.0. The van der Waals surface area contributed by atoms with E-state index in [1.807, 2.05) is 30.3 Å². The van der Waals surface area contributed by atoms with Gasteiger partial charge in [0, 0.05) is 28.4 Å². The average Bonchev–Trinajstić information content (AvgIpc) is 2.84. The van der Waals surface area contributed by atoms with Gasteiger partial charge in [0.2, 0.25) is 5.91 Å². The quantitative estimate of drug-likeness (QED) is 0.199. The Bertz CT molecular complexity index is 1600. The first-order chi connectivity index (χ1) is 18.9. The van der Waals surface area contributed by atoms with Gasteiger partial charge in [0.1, 0.15) is 17.5 Å². The van der Waals surface area contributed by atoms with Crippen LogP contribution in [0.25, 0.3) is 21.8 Å². The van der Waals surface area contributed by atoms with Gasteiger partial charge in [0.15, 0.2) is 11.5 Å². The van der Waals surface area contributed by atoms with E-state index in [1.165, 1.54) is 0 Å². The molecule has 0 atom stereocenters. The number of alkyl halides is 2. The third kappa shape index (κ3) is 6.11. The molecule has 208 valence electrons. The zero-order chi connectivity index (χ0) is 28.6. The fourth-order valence-corrected chi connectivity index (χ4v) is 4.52. The van der Waals surface area contributed by atoms with Gasteiger partial charge in [-0.15, -0.1) is 0 Å². The molecule has 1 fully saturated rings. The SMILES string of the molecule is CC(C)(C)OC(=O)c1cc(NC(=O)C2CC(Oc3cc(F)ccc3OC(F)F)C2)cc2nc3ccccc3cc12. The smallest absolute Gasteiger partial charge is 0.387 e. The minimum Gasteiger partial charge on any atom is -0.486 e. The van der Waals surface area contributed by atoms with Crippen molar-refractivity contribution in [3.63, 3.8) is 0 Å². The van der Waals surface area contributed by atoms with Crippen LogP contribution in [0.3, 0.4) is 0 Å². The standard InChI is InChI=1S/C30H27F3N2O5/c1-30(2,3)40-28(37)22-14-19(15-24-21(22)12-16-6-4-5-7-23(16)35-24)34-27(36)17-10-20(11-17)38-26-13-18(31)8-9-25(26)39-29(32)33/h4-9,12-15,17,20,29H,10-11H2,1-3H3,(H,34,36). The molecule has 1 aromatic heterocycles. The van der Waals surface area contributed by atoms with Crippen LogP contribution in [0.15, 0.2) is 60.7 Å². The molecule has 40 heavy (non-hydrogen) atoms. The van der Waals surface area contributed by atoms with Crippen molar-refractivity contribution in [2.24, 2.45) is 5.92 Å². The summed E-state index contributed by atoms with van der Waals surface area (Å²) in [5.41, 5.74) is 1.18. The van der Waals surface area contributed by atoms with Gasteiger partial charge in [-0.1, -0.05) is 18.2 Å². The molecule has 5 rings (SSSR count). The number of anilines is 1. The number of fused-ring (bicyclic) bond motifs is 2. The lowest BCUT2D eigenvalue weighted by molar-refractivity contribution is -0.125. The molecule has 10 heteroatoms. The molecule has 1 N–H and O–H groups in total. The zero-order valence-corrected chi connectivity index (χ0v) is 22.0. The number of hydrogen-bond acceptors (Lipinski definition) is 6. The van der Waals surface area contributed by atoms with E-state index in [4.69, 9.17) is 9.47 Å². The Morgan fingerprint density at radius 1 is 0.975 bits per heavy atom. The largest absolute Gasteiger partial charge is 0.486 e. The lowest BCUT2D eigenvalue weighted by Crippen LogP contribution is -2.41. The molecule has 1 aliphatic rings. The summed E-state index contributed by atoms with van der Waals surface area (Å²) in [6, 6.07) is 15.7. The van der Waals surface area contributed by atoms with E-state index < -0.39 is 36.0 Å². The molecule has 1 aliphatic carbocycles. The van der Waals surface area contributed by atoms with Gasteiger partial charge >= 0.3 is 12.6 Å². The van der Waals surface area contributed by atoms with Crippen molar-refractivity contribution in [1.29, 1.82) is 0 Å². The van der Waals surface area contributed by atoms with Crippen molar-refractivity contribution in [2.75, 3.05) is 5.32 Å². The molecule has 1 heterocycles. The number of carbonyl (C=O) groups excluding carboxylic acids is 2. The number of nitrogens with zero attached hydrogens (tertiary/aromatic N) is 1. The van der Waals surface area contributed by atoms with Crippen molar-refractivity contribution in [2.45, 2.75) is 51.9 Å². The van der Waals surface area contributed by atoms with Gasteiger partial charge in [-0.3, -0.25) is 4.79 Å². The van der Waals surface area contributed by atoms with Crippen LogP contribution in [0.1, 0.15) is 44.0 Å². The second-order valence-corrected chi connectivity index (χ2v) is 10.6. The van der Waals surface area contributed by atoms with E-state index in [0.29, 0.717) is 16.6 Å². The van der Waals surface area contributed by atoms with Gasteiger partial charge in [0.25, 0.3) is 0 Å². The maximum Gasteiger partial charge on any atom is 0.387 e. The molecule has 1 saturated carbocycles. The highest BCUT2D eigenvalue weighted by atomic mass is 19.3. The van der Waals surface area contributed by atoms with E-state index in [-0.39, 0.29) is 35.8 Å². The molecule has 0 unspecified atom stereocenters. The molecule has 0 bridgehead atoms. The lowest BCUT2D eigenvalue weighted by atomic mass is 9.81. The number of para-hydroxylation sites is 1. The van der Waals surface area contributed by atoms with Gasteiger partial charge in [0.05, 0.1) is 16.6 Å². The number of pyridine rings is 1. The minimum absolute atomic E-state index is 0.154. The topological polar surface area (TPSA) is 86.8 Å². The van der Waals surface area contributed by atoms with Crippen molar-refractivity contribution in [1.82, 2.24) is 4.98 Å². The number of rotatable bonds is 7. The summed E-state index contributed by atoms with van der Waals surface area (Å²) in [5.74, 6) is -2.39. The molecular weight excluding hydrogens is 525 g/mol. The van der Waals surface area contributed by atoms with Crippen LogP contribution in [-0.4, -0.2) is 35.2 Å². The molecule has 0 radical (unpaired) electrons. The van der Waals surface area contributed by atoms with Crippen LogP contribution in [0.5, 0.6) is 11.5 Å². The van der Waals surface area contributed by atoms with Crippen molar-refractivity contribution >= 4 is 39.4 Å². The third-order valence-corrected chi connectivity index (χ3v) is 6.40. The fraction of sp³-hybridized carbons (Fsp3) is 0.300. The van der Waals surface area contributed by atoms with Crippen LogP contribution in [0.4, 0.5) is 18.9 Å². The number of halogens is 3. The molecule has 0 spiro atoms. The van der Waals surface area contributed by atoms with Crippen LogP contribution in [0, 0.1) is 11.7 Å². The molecule has 7 nitrogen and oxygen atoms in total. The highest BCUT2D eigenvalue weighted by Gasteiger charge is 2.37. The monoisotopic (exact) mass is 552 g/mol. The van der Waals surface area contributed by atoms with Crippen LogP contribution >= 0.6 is 0 Å². The van der Waals surface area contributed by atoms with E-state index in [1.54, 1.807) is 32.9 Å². The Morgan fingerprint density at radius 3 is 2.45 bits per heavy atom. The first-order valence-electron chi connectivity index (χ1n) is 12.7. The summed E-state index contributed by atoms with van der Waals surface area (Å²) in [6.45, 7) is 2.22. The van der Waals surface area contributed by atoms with Crippen LogP contribution in [0.2, 0.25) is 0 Å². The molecular formula is C30H27F3N2O5. The third-order valence-electron chi connectivity index (χ3n) is 6.40. The number of hydrogen-bond donors (Lipinski definition) is 1. The molecule has 4 aromatic rings. The van der Waals surface area contributed by atoms with Crippen molar-refractivity contribution < 1.29 is 37.0 Å². The van der Waals surface area contributed by atoms with E-state index in [9.17, 15) is 22.8 Å². The Labute approximate surface area is 228 Å².